The van der Waals surface area contributed by atoms with E-state index in [0.717, 1.165) is 5.69 Å². The number of carbonyl (C=O) groups excluding carboxylic acids is 1. The predicted molar refractivity (Wildman–Crippen MR) is 91.7 cm³/mol. The Balaban J connectivity index is 1.79. The lowest BCUT2D eigenvalue weighted by Gasteiger charge is -2.09. The number of aryl methyl sites for hydroxylation is 1. The fraction of sp³-hybridized carbons (Fsp3) is 0.188. The number of anilines is 1. The molecule has 0 atom stereocenters. The molecule has 1 aromatic carbocycles. The van der Waals surface area contributed by atoms with E-state index in [1.54, 1.807) is 24.3 Å². The van der Waals surface area contributed by atoms with Crippen LogP contribution in [0.15, 0.2) is 35.4 Å². The number of amides is 1. The van der Waals surface area contributed by atoms with E-state index in [-0.39, 0.29) is 18.0 Å². The highest BCUT2D eigenvalue weighted by Crippen LogP contribution is 2.27. The van der Waals surface area contributed by atoms with Crippen molar-refractivity contribution < 1.29 is 9.53 Å². The van der Waals surface area contributed by atoms with Gasteiger partial charge in [0.25, 0.3) is 5.56 Å². The molecule has 3 rings (SSSR count). The van der Waals surface area contributed by atoms with Crippen LogP contribution in [0.4, 0.5) is 5.69 Å². The lowest BCUT2D eigenvalue weighted by atomic mass is 10.3. The van der Waals surface area contributed by atoms with Crippen molar-refractivity contribution in [1.29, 1.82) is 0 Å². The highest BCUT2D eigenvalue weighted by molar-refractivity contribution is 6.32. The first-order valence-electron chi connectivity index (χ1n) is 7.16. The summed E-state index contributed by atoms with van der Waals surface area (Å²) in [6.45, 7) is 1.70. The molecule has 0 aliphatic rings. The van der Waals surface area contributed by atoms with Crippen LogP contribution in [-0.2, 0) is 11.3 Å². The van der Waals surface area contributed by atoms with Gasteiger partial charge >= 0.3 is 0 Å². The quantitative estimate of drug-likeness (QED) is 0.758. The molecule has 0 spiro atoms. The van der Waals surface area contributed by atoms with Crippen LogP contribution in [0.3, 0.4) is 0 Å². The summed E-state index contributed by atoms with van der Waals surface area (Å²) in [5.41, 5.74) is 1.60. The van der Waals surface area contributed by atoms with E-state index in [1.807, 2.05) is 6.92 Å². The van der Waals surface area contributed by atoms with E-state index in [1.165, 1.54) is 18.0 Å². The second-order valence-corrected chi connectivity index (χ2v) is 5.70. The van der Waals surface area contributed by atoms with Gasteiger partial charge in [-0.2, -0.15) is 0 Å². The topological polar surface area (TPSA) is 89.0 Å². The third kappa shape index (κ3) is 3.11. The number of fused-ring (bicyclic) bond motifs is 1. The Morgan fingerprint density at radius 1 is 1.42 bits per heavy atom. The lowest BCUT2D eigenvalue weighted by Crippen LogP contribution is -2.27. The molecule has 3 aromatic rings. The van der Waals surface area contributed by atoms with Crippen LogP contribution >= 0.6 is 11.6 Å². The van der Waals surface area contributed by atoms with Crippen molar-refractivity contribution >= 4 is 34.2 Å². The predicted octanol–water partition coefficient (Wildman–Crippen LogP) is 2.33. The fourth-order valence-electron chi connectivity index (χ4n) is 2.39. The first-order chi connectivity index (χ1) is 11.5. The van der Waals surface area contributed by atoms with Crippen LogP contribution in [0.25, 0.3) is 11.0 Å². The minimum atomic E-state index is -0.355. The summed E-state index contributed by atoms with van der Waals surface area (Å²) < 4.78 is 6.32. The standard InChI is InChI=1S/C16H15ClN4O3/c1-9-5-11-15(19-9)18-8-21(16(11)23)7-14(22)20-10-3-4-13(24-2)12(17)6-10/h3-6,8,19H,7H2,1-2H3,(H,20,22). The zero-order chi connectivity index (χ0) is 17.3. The number of halogens is 1. The maximum absolute atomic E-state index is 12.4. The van der Waals surface area contributed by atoms with Crippen molar-refractivity contribution in [3.8, 4) is 5.75 Å². The molecular formula is C16H15ClN4O3. The van der Waals surface area contributed by atoms with Crippen LogP contribution in [0.1, 0.15) is 5.69 Å². The summed E-state index contributed by atoms with van der Waals surface area (Å²) in [6, 6.07) is 6.61. The molecule has 24 heavy (non-hydrogen) atoms. The Kier molecular flexibility index (Phi) is 4.26. The van der Waals surface area contributed by atoms with Crippen molar-refractivity contribution in [2.24, 2.45) is 0 Å². The van der Waals surface area contributed by atoms with Gasteiger partial charge in [0.2, 0.25) is 5.91 Å². The molecule has 0 unspecified atom stereocenters. The van der Waals surface area contributed by atoms with Crippen LogP contribution in [-0.4, -0.2) is 27.6 Å². The molecule has 0 radical (unpaired) electrons. The van der Waals surface area contributed by atoms with E-state index in [0.29, 0.717) is 27.5 Å². The lowest BCUT2D eigenvalue weighted by molar-refractivity contribution is -0.116. The molecule has 0 aliphatic carbocycles. The number of nitrogens with zero attached hydrogens (tertiary/aromatic N) is 2. The zero-order valence-electron chi connectivity index (χ0n) is 13.1. The Labute approximate surface area is 142 Å². The molecule has 0 saturated carbocycles. The van der Waals surface area contributed by atoms with Crippen molar-refractivity contribution in [3.05, 3.63) is 51.7 Å². The number of methoxy groups -OCH3 is 1. The van der Waals surface area contributed by atoms with Gasteiger partial charge in [-0.25, -0.2) is 4.98 Å². The number of nitrogens with one attached hydrogen (secondary N) is 2. The molecule has 2 heterocycles. The fourth-order valence-corrected chi connectivity index (χ4v) is 2.64. The van der Waals surface area contributed by atoms with Crippen molar-refractivity contribution in [2.75, 3.05) is 12.4 Å². The second-order valence-electron chi connectivity index (χ2n) is 5.29. The molecule has 0 bridgehead atoms. The molecule has 0 fully saturated rings. The third-order valence-corrected chi connectivity index (χ3v) is 3.79. The largest absolute Gasteiger partial charge is 0.495 e. The van der Waals surface area contributed by atoms with E-state index in [2.05, 4.69) is 15.3 Å². The summed E-state index contributed by atoms with van der Waals surface area (Å²) in [7, 11) is 1.51. The molecule has 124 valence electrons. The highest BCUT2D eigenvalue weighted by Gasteiger charge is 2.11. The summed E-state index contributed by atoms with van der Waals surface area (Å²) in [5.74, 6) is 0.162. The zero-order valence-corrected chi connectivity index (χ0v) is 13.8. The van der Waals surface area contributed by atoms with Gasteiger partial charge < -0.3 is 15.0 Å². The maximum atomic E-state index is 12.4. The number of aromatic amines is 1. The van der Waals surface area contributed by atoms with Gasteiger partial charge in [-0.15, -0.1) is 0 Å². The molecule has 0 aliphatic heterocycles. The molecule has 7 nitrogen and oxygen atoms in total. The summed E-state index contributed by atoms with van der Waals surface area (Å²) >= 11 is 6.02. The smallest absolute Gasteiger partial charge is 0.263 e. The van der Waals surface area contributed by atoms with Crippen molar-refractivity contribution in [2.45, 2.75) is 13.5 Å². The first kappa shape index (κ1) is 16.1. The minimum Gasteiger partial charge on any atom is -0.495 e. The minimum absolute atomic E-state index is 0.143. The Morgan fingerprint density at radius 3 is 2.92 bits per heavy atom. The molecule has 2 aromatic heterocycles. The number of ether oxygens (including phenoxy) is 1. The van der Waals surface area contributed by atoms with E-state index >= 15 is 0 Å². The van der Waals surface area contributed by atoms with Crippen molar-refractivity contribution in [3.63, 3.8) is 0 Å². The van der Waals surface area contributed by atoms with Crippen LogP contribution in [0.5, 0.6) is 5.75 Å². The molecular weight excluding hydrogens is 332 g/mol. The van der Waals surface area contributed by atoms with Gasteiger partial charge in [0, 0.05) is 11.4 Å². The van der Waals surface area contributed by atoms with Crippen molar-refractivity contribution in [1.82, 2.24) is 14.5 Å². The Bertz CT molecular complexity index is 977. The van der Waals surface area contributed by atoms with E-state index < -0.39 is 0 Å². The third-order valence-electron chi connectivity index (χ3n) is 3.50. The number of aromatic nitrogens is 3. The van der Waals surface area contributed by atoms with E-state index in [9.17, 15) is 9.59 Å². The first-order valence-corrected chi connectivity index (χ1v) is 7.54. The number of rotatable bonds is 4. The number of hydrogen-bond donors (Lipinski definition) is 2. The molecule has 1 amide bonds. The van der Waals surface area contributed by atoms with Gasteiger partial charge in [0.15, 0.2) is 0 Å². The van der Waals surface area contributed by atoms with Crippen LogP contribution < -0.4 is 15.6 Å². The van der Waals surface area contributed by atoms with Gasteiger partial charge in [0.05, 0.1) is 17.5 Å². The van der Waals surface area contributed by atoms with Gasteiger partial charge in [0.1, 0.15) is 24.3 Å². The maximum Gasteiger partial charge on any atom is 0.263 e. The van der Waals surface area contributed by atoms with Gasteiger partial charge in [-0.05, 0) is 31.2 Å². The van der Waals surface area contributed by atoms with Crippen LogP contribution in [0.2, 0.25) is 5.02 Å². The molecule has 8 heteroatoms. The Hall–Kier alpha value is -2.80. The SMILES string of the molecule is COc1ccc(NC(=O)Cn2cnc3[nH]c(C)cc3c2=O)cc1Cl. The summed E-state index contributed by atoms with van der Waals surface area (Å²) in [4.78, 5) is 31.6. The average molecular weight is 347 g/mol. The number of H-pyrrole nitrogens is 1. The van der Waals surface area contributed by atoms with Crippen LogP contribution in [0, 0.1) is 6.92 Å². The Morgan fingerprint density at radius 2 is 2.21 bits per heavy atom. The number of carbonyl (C=O) groups is 1. The summed E-state index contributed by atoms with van der Waals surface area (Å²) in [6.07, 6.45) is 1.35. The van der Waals surface area contributed by atoms with E-state index in [4.69, 9.17) is 16.3 Å². The normalized spacial score (nSPS) is 10.8. The molecule has 0 saturated heterocycles. The molecule has 2 N–H and O–H groups in total. The van der Waals surface area contributed by atoms with Gasteiger partial charge in [-0.3, -0.25) is 14.2 Å². The van der Waals surface area contributed by atoms with Gasteiger partial charge in [-0.1, -0.05) is 11.6 Å². The second kappa shape index (κ2) is 6.37. The summed E-state index contributed by atoms with van der Waals surface area (Å²) in [5, 5.41) is 3.53. The highest BCUT2D eigenvalue weighted by atomic mass is 35.5. The monoisotopic (exact) mass is 346 g/mol. The number of benzene rings is 1. The number of hydrogen-bond acceptors (Lipinski definition) is 4. The average Bonchev–Trinajstić information content (AvgIpc) is 2.92.